The topological polar surface area (TPSA) is 93.7 Å². The van der Waals surface area contributed by atoms with E-state index in [0.29, 0.717) is 17.1 Å². The highest BCUT2D eigenvalue weighted by molar-refractivity contribution is 6.24. The number of rotatable bonds is 5. The second kappa shape index (κ2) is 7.10. The summed E-state index contributed by atoms with van der Waals surface area (Å²) < 4.78 is 10.5. The van der Waals surface area contributed by atoms with E-state index in [1.807, 2.05) is 0 Å². The number of hydrogen-bond acceptors (Lipinski definition) is 5. The van der Waals surface area contributed by atoms with Crippen molar-refractivity contribution in [2.45, 2.75) is 0 Å². The Bertz CT molecular complexity index is 934. The first-order valence-electron chi connectivity index (χ1n) is 7.74. The number of nitrogens with one attached hydrogen (secondary N) is 2. The Balaban J connectivity index is 1.82. The molecule has 0 fully saturated rings. The molecule has 0 spiro atoms. The van der Waals surface area contributed by atoms with Gasteiger partial charge in [-0.2, -0.15) is 0 Å². The van der Waals surface area contributed by atoms with Crippen molar-refractivity contribution in [2.24, 2.45) is 0 Å². The van der Waals surface area contributed by atoms with Crippen LogP contribution in [-0.4, -0.2) is 31.9 Å². The molecule has 1 heterocycles. The van der Waals surface area contributed by atoms with E-state index >= 15 is 0 Å². The number of para-hydroxylation sites is 1. The summed E-state index contributed by atoms with van der Waals surface area (Å²) in [6.07, 6.45) is 2.89. The maximum Gasteiger partial charge on any atom is 0.261 e. The van der Waals surface area contributed by atoms with Crippen LogP contribution in [0.5, 0.6) is 11.5 Å². The SMILES string of the molecule is COc1cccc(/C=C/C(=O)Nc2cccc3c2C(=O)NC3=O)c1OC. The fourth-order valence-electron chi connectivity index (χ4n) is 2.71. The molecule has 132 valence electrons. The Kier molecular flexibility index (Phi) is 4.70. The number of benzene rings is 2. The van der Waals surface area contributed by atoms with Gasteiger partial charge in [-0.25, -0.2) is 0 Å². The molecule has 0 radical (unpaired) electrons. The fraction of sp³-hybridized carbons (Fsp3) is 0.105. The van der Waals surface area contributed by atoms with Crippen LogP contribution in [0.25, 0.3) is 6.08 Å². The van der Waals surface area contributed by atoms with Crippen molar-refractivity contribution < 1.29 is 23.9 Å². The van der Waals surface area contributed by atoms with Crippen molar-refractivity contribution in [1.82, 2.24) is 5.32 Å². The normalized spacial score (nSPS) is 12.7. The van der Waals surface area contributed by atoms with Crippen LogP contribution in [0.2, 0.25) is 0 Å². The first-order chi connectivity index (χ1) is 12.5. The largest absolute Gasteiger partial charge is 0.493 e. The summed E-state index contributed by atoms with van der Waals surface area (Å²) in [7, 11) is 3.04. The van der Waals surface area contributed by atoms with Gasteiger partial charge in [0.15, 0.2) is 11.5 Å². The summed E-state index contributed by atoms with van der Waals surface area (Å²) in [4.78, 5) is 35.8. The van der Waals surface area contributed by atoms with Crippen molar-refractivity contribution in [2.75, 3.05) is 19.5 Å². The van der Waals surface area contributed by atoms with E-state index in [4.69, 9.17) is 9.47 Å². The molecule has 7 heteroatoms. The second-order valence-corrected chi connectivity index (χ2v) is 5.42. The maximum absolute atomic E-state index is 12.2. The molecule has 0 aromatic heterocycles. The Morgan fingerprint density at radius 2 is 1.81 bits per heavy atom. The number of ether oxygens (including phenoxy) is 2. The number of amides is 3. The third-order valence-corrected chi connectivity index (χ3v) is 3.87. The summed E-state index contributed by atoms with van der Waals surface area (Å²) in [6.45, 7) is 0. The van der Waals surface area contributed by atoms with Gasteiger partial charge in [0.2, 0.25) is 5.91 Å². The summed E-state index contributed by atoms with van der Waals surface area (Å²) in [5.74, 6) is -0.400. The molecule has 0 unspecified atom stereocenters. The third-order valence-electron chi connectivity index (χ3n) is 3.87. The number of fused-ring (bicyclic) bond motifs is 1. The lowest BCUT2D eigenvalue weighted by molar-refractivity contribution is -0.111. The van der Waals surface area contributed by atoms with Crippen LogP contribution in [0.15, 0.2) is 42.5 Å². The molecule has 2 aromatic carbocycles. The first kappa shape index (κ1) is 17.2. The smallest absolute Gasteiger partial charge is 0.261 e. The number of carbonyl (C=O) groups excluding carboxylic acids is 3. The van der Waals surface area contributed by atoms with Crippen LogP contribution < -0.4 is 20.1 Å². The molecule has 3 rings (SSSR count). The summed E-state index contributed by atoms with van der Waals surface area (Å²) in [6, 6.07) is 9.99. The predicted molar refractivity (Wildman–Crippen MR) is 95.4 cm³/mol. The number of hydrogen-bond donors (Lipinski definition) is 2. The molecule has 26 heavy (non-hydrogen) atoms. The highest BCUT2D eigenvalue weighted by atomic mass is 16.5. The van der Waals surface area contributed by atoms with Gasteiger partial charge in [-0.3, -0.25) is 19.7 Å². The average molecular weight is 352 g/mol. The molecule has 0 saturated carbocycles. The summed E-state index contributed by atoms with van der Waals surface area (Å²) in [5, 5.41) is 4.82. The van der Waals surface area contributed by atoms with Crippen molar-refractivity contribution >= 4 is 29.5 Å². The average Bonchev–Trinajstić information content (AvgIpc) is 2.94. The lowest BCUT2D eigenvalue weighted by Gasteiger charge is -2.10. The Hall–Kier alpha value is -3.61. The number of anilines is 1. The van der Waals surface area contributed by atoms with Crippen LogP contribution >= 0.6 is 0 Å². The van der Waals surface area contributed by atoms with Crippen molar-refractivity contribution in [1.29, 1.82) is 0 Å². The van der Waals surface area contributed by atoms with Crippen LogP contribution in [0, 0.1) is 0 Å². The molecule has 3 amide bonds. The van der Waals surface area contributed by atoms with E-state index < -0.39 is 17.7 Å². The van der Waals surface area contributed by atoms with Gasteiger partial charge in [0, 0.05) is 11.6 Å². The van der Waals surface area contributed by atoms with Gasteiger partial charge in [0.1, 0.15) is 0 Å². The van der Waals surface area contributed by atoms with E-state index in [-0.39, 0.29) is 16.8 Å². The molecule has 0 bridgehead atoms. The van der Waals surface area contributed by atoms with E-state index in [1.165, 1.54) is 26.4 Å². The minimum Gasteiger partial charge on any atom is -0.493 e. The minimum atomic E-state index is -0.528. The molecular weight excluding hydrogens is 336 g/mol. The van der Waals surface area contributed by atoms with Crippen LogP contribution in [0.3, 0.4) is 0 Å². The standard InChI is InChI=1S/C19H16N2O5/c1-25-14-8-3-5-11(17(14)26-2)9-10-15(22)20-13-7-4-6-12-16(13)19(24)21-18(12)23/h3-10H,1-2H3,(H,20,22)(H,21,23,24)/b10-9+. The van der Waals surface area contributed by atoms with Crippen molar-refractivity contribution in [3.8, 4) is 11.5 Å². The van der Waals surface area contributed by atoms with E-state index in [2.05, 4.69) is 10.6 Å². The van der Waals surface area contributed by atoms with Gasteiger partial charge >= 0.3 is 0 Å². The van der Waals surface area contributed by atoms with Gasteiger partial charge in [0.25, 0.3) is 11.8 Å². The fourth-order valence-corrected chi connectivity index (χ4v) is 2.71. The third kappa shape index (κ3) is 3.14. The Morgan fingerprint density at radius 1 is 1.04 bits per heavy atom. The minimum absolute atomic E-state index is 0.165. The number of imide groups is 1. The van der Waals surface area contributed by atoms with Crippen molar-refractivity contribution in [3.05, 3.63) is 59.2 Å². The van der Waals surface area contributed by atoms with Crippen LogP contribution in [0.4, 0.5) is 5.69 Å². The quantitative estimate of drug-likeness (QED) is 0.636. The number of methoxy groups -OCH3 is 2. The first-order valence-corrected chi connectivity index (χ1v) is 7.74. The van der Waals surface area contributed by atoms with Gasteiger partial charge in [-0.05, 0) is 24.3 Å². The molecule has 2 N–H and O–H groups in total. The van der Waals surface area contributed by atoms with E-state index in [0.717, 1.165) is 0 Å². The molecule has 0 aliphatic carbocycles. The zero-order chi connectivity index (χ0) is 18.7. The highest BCUT2D eigenvalue weighted by Gasteiger charge is 2.29. The zero-order valence-corrected chi connectivity index (χ0v) is 14.2. The molecule has 2 aromatic rings. The van der Waals surface area contributed by atoms with Gasteiger partial charge in [-0.15, -0.1) is 0 Å². The Labute approximate surface area is 149 Å². The molecule has 1 aliphatic rings. The maximum atomic E-state index is 12.2. The van der Waals surface area contributed by atoms with E-state index in [9.17, 15) is 14.4 Å². The molecular formula is C19H16N2O5. The molecule has 0 saturated heterocycles. The predicted octanol–water partition coefficient (Wildman–Crippen LogP) is 2.24. The van der Waals surface area contributed by atoms with Crippen LogP contribution in [-0.2, 0) is 4.79 Å². The molecule has 7 nitrogen and oxygen atoms in total. The second-order valence-electron chi connectivity index (χ2n) is 5.42. The summed E-state index contributed by atoms with van der Waals surface area (Å²) in [5.41, 5.74) is 1.34. The van der Waals surface area contributed by atoms with Gasteiger partial charge in [-0.1, -0.05) is 18.2 Å². The van der Waals surface area contributed by atoms with Gasteiger partial charge < -0.3 is 14.8 Å². The molecule has 0 atom stereocenters. The monoisotopic (exact) mass is 352 g/mol. The highest BCUT2D eigenvalue weighted by Crippen LogP contribution is 2.31. The lowest BCUT2D eigenvalue weighted by atomic mass is 10.1. The summed E-state index contributed by atoms with van der Waals surface area (Å²) >= 11 is 0. The number of carbonyl (C=O) groups is 3. The van der Waals surface area contributed by atoms with Gasteiger partial charge in [0.05, 0.1) is 31.0 Å². The molecule has 1 aliphatic heterocycles. The van der Waals surface area contributed by atoms with E-state index in [1.54, 1.807) is 36.4 Å². The zero-order valence-electron chi connectivity index (χ0n) is 14.2. The van der Waals surface area contributed by atoms with Crippen LogP contribution in [0.1, 0.15) is 26.3 Å². The van der Waals surface area contributed by atoms with Crippen molar-refractivity contribution in [3.63, 3.8) is 0 Å². The lowest BCUT2D eigenvalue weighted by Crippen LogP contribution is -2.20. The Morgan fingerprint density at radius 3 is 2.54 bits per heavy atom.